The molecule has 52 heavy (non-hydrogen) atoms. The molecule has 1 aromatic heterocycles. The minimum atomic E-state index is -0.514. The molecule has 2 aliphatic carbocycles. The smallest absolute Gasteiger partial charge is 0.302 e. The fraction of sp³-hybridized carbons (Fsp3) is 0.561. The number of hydrogen-bond donors (Lipinski definition) is 3. The Hall–Kier alpha value is -3.28. The third-order valence-corrected chi connectivity index (χ3v) is 14.9. The Balaban J connectivity index is 1.16. The summed E-state index contributed by atoms with van der Waals surface area (Å²) in [7, 11) is 4.05. The van der Waals surface area contributed by atoms with Crippen molar-refractivity contribution in [1.82, 2.24) is 4.98 Å². The second-order valence-electron chi connectivity index (χ2n) is 15.1. The van der Waals surface area contributed by atoms with Crippen LogP contribution in [0.3, 0.4) is 0 Å². The van der Waals surface area contributed by atoms with Crippen LogP contribution in [0.5, 0.6) is 28.7 Å². The minimum absolute atomic E-state index is 0.0532. The molecule has 3 aromatic rings. The lowest BCUT2D eigenvalue weighted by atomic mass is 9.72. The molecule has 3 N–H and O–H groups in total. The van der Waals surface area contributed by atoms with Gasteiger partial charge < -0.3 is 34.3 Å². The predicted octanol–water partition coefficient (Wildman–Crippen LogP) is 8.87. The molecule has 9 nitrogen and oxygen atoms in total. The summed E-state index contributed by atoms with van der Waals surface area (Å²) in [5.41, 5.74) is 2.70. The summed E-state index contributed by atoms with van der Waals surface area (Å²) in [5, 5.41) is 32.4. The summed E-state index contributed by atoms with van der Waals surface area (Å²) in [4.78, 5) is 16.5. The maximum absolute atomic E-state index is 12.3. The minimum Gasteiger partial charge on any atom is -0.504 e. The second-order valence-corrected chi connectivity index (χ2v) is 17.8. The number of ether oxygens (including phenoxy) is 4. The molecular weight excluding hydrogens is 699 g/mol. The first-order valence-electron chi connectivity index (χ1n) is 18.9. The van der Waals surface area contributed by atoms with Gasteiger partial charge >= 0.3 is 5.97 Å². The van der Waals surface area contributed by atoms with Crippen molar-refractivity contribution >= 4 is 27.6 Å². The maximum atomic E-state index is 12.3. The lowest BCUT2D eigenvalue weighted by Gasteiger charge is -2.46. The van der Waals surface area contributed by atoms with Gasteiger partial charge in [-0.3, -0.25) is 9.78 Å². The number of aromatic nitrogens is 1. The van der Waals surface area contributed by atoms with Crippen molar-refractivity contribution in [2.24, 2.45) is 11.8 Å². The van der Waals surface area contributed by atoms with E-state index in [9.17, 15) is 20.1 Å². The highest BCUT2D eigenvalue weighted by atomic mass is 33.1. The number of aromatic hydroxyl groups is 3. The van der Waals surface area contributed by atoms with E-state index in [1.54, 1.807) is 24.5 Å². The molecule has 4 bridgehead atoms. The van der Waals surface area contributed by atoms with Gasteiger partial charge in [0.15, 0.2) is 23.0 Å². The molecule has 280 valence electrons. The summed E-state index contributed by atoms with van der Waals surface area (Å²) in [6, 6.07) is 12.8. The van der Waals surface area contributed by atoms with Crippen molar-refractivity contribution in [2.45, 2.75) is 120 Å². The maximum Gasteiger partial charge on any atom is 0.302 e. The van der Waals surface area contributed by atoms with Gasteiger partial charge in [-0.1, -0.05) is 53.0 Å². The zero-order valence-electron chi connectivity index (χ0n) is 29.9. The van der Waals surface area contributed by atoms with Gasteiger partial charge in [0.2, 0.25) is 5.75 Å². The summed E-state index contributed by atoms with van der Waals surface area (Å²) in [6.45, 7) is 1.72. The quantitative estimate of drug-likeness (QED) is 0.122. The van der Waals surface area contributed by atoms with Gasteiger partial charge in [-0.25, -0.2) is 0 Å². The van der Waals surface area contributed by atoms with Crippen LogP contribution in [-0.2, 0) is 27.1 Å². The Kier molecular flexibility index (Phi) is 12.0. The number of rotatable bonds is 7. The molecule has 4 aliphatic rings. The van der Waals surface area contributed by atoms with E-state index in [1.807, 2.05) is 35.1 Å². The highest BCUT2D eigenvalue weighted by Crippen LogP contribution is 2.55. The molecule has 11 heteroatoms. The highest BCUT2D eigenvalue weighted by Gasteiger charge is 2.44. The van der Waals surface area contributed by atoms with E-state index in [2.05, 4.69) is 15.8 Å². The highest BCUT2D eigenvalue weighted by molar-refractivity contribution is 8.77. The monoisotopic (exact) mass is 749 g/mol. The predicted molar refractivity (Wildman–Crippen MR) is 203 cm³/mol. The van der Waals surface area contributed by atoms with E-state index in [4.69, 9.17) is 18.9 Å². The van der Waals surface area contributed by atoms with Crippen molar-refractivity contribution in [1.29, 1.82) is 0 Å². The fourth-order valence-corrected chi connectivity index (χ4v) is 12.7. The van der Waals surface area contributed by atoms with Crippen LogP contribution in [-0.4, -0.2) is 61.7 Å². The summed E-state index contributed by atoms with van der Waals surface area (Å²) < 4.78 is 25.6. The number of pyridine rings is 1. The van der Waals surface area contributed by atoms with E-state index < -0.39 is 12.2 Å². The average molecular weight is 750 g/mol. The van der Waals surface area contributed by atoms with Gasteiger partial charge in [-0.2, -0.15) is 0 Å². The number of phenolic OH excluding ortho intramolecular Hbond substituents is 3. The Labute approximate surface area is 314 Å². The van der Waals surface area contributed by atoms with Crippen LogP contribution < -0.4 is 9.47 Å². The number of fused-ring (bicyclic) bond motifs is 5. The van der Waals surface area contributed by atoms with E-state index in [1.165, 1.54) is 51.5 Å². The molecule has 2 aromatic carbocycles. The number of esters is 1. The van der Waals surface area contributed by atoms with E-state index in [0.29, 0.717) is 42.9 Å². The van der Waals surface area contributed by atoms with E-state index >= 15 is 0 Å². The van der Waals surface area contributed by atoms with Crippen molar-refractivity contribution in [3.8, 4) is 28.7 Å². The van der Waals surface area contributed by atoms with Crippen molar-refractivity contribution in [2.75, 3.05) is 12.4 Å². The van der Waals surface area contributed by atoms with Gasteiger partial charge in [0.05, 0.1) is 24.9 Å². The van der Waals surface area contributed by atoms with Crippen LogP contribution in [0.4, 0.5) is 0 Å². The zero-order valence-corrected chi connectivity index (χ0v) is 31.5. The van der Waals surface area contributed by atoms with Gasteiger partial charge in [0.25, 0.3) is 0 Å². The van der Waals surface area contributed by atoms with Crippen LogP contribution in [0.1, 0.15) is 100 Å². The van der Waals surface area contributed by atoms with Gasteiger partial charge in [0.1, 0.15) is 6.10 Å². The molecule has 1 saturated heterocycles. The van der Waals surface area contributed by atoms with Crippen LogP contribution in [0, 0.1) is 11.8 Å². The first-order valence-corrected chi connectivity index (χ1v) is 21.3. The molecule has 7 rings (SSSR count). The molecule has 0 amide bonds. The van der Waals surface area contributed by atoms with Crippen LogP contribution in [0.2, 0.25) is 0 Å². The standard InChI is InChI=1S/C41H51NO8S2/c1-26(43)48-33-22-36(29-19-35(45)40(46)39(20-29)47-16-12-27-7-6-15-42-24-27)50-37(23-33)30-17-28-10-11-34(44)38(18-28)49-32-9-5-8-31(21-32)41(52-51-25-30)13-3-2-4-14-41/h6-7,10-11,15,18-20,24,30-33,36-37,44-46H,2-5,8-9,12-14,16-17,21-23,25H2,1H3. The number of benzene rings is 2. The van der Waals surface area contributed by atoms with Crippen LogP contribution >= 0.6 is 21.6 Å². The Morgan fingerprint density at radius 2 is 1.87 bits per heavy atom. The fourth-order valence-electron chi connectivity index (χ4n) is 8.74. The topological polar surface area (TPSA) is 128 Å². The van der Waals surface area contributed by atoms with Crippen LogP contribution in [0.25, 0.3) is 0 Å². The molecule has 3 heterocycles. The Morgan fingerprint density at radius 1 is 1.00 bits per heavy atom. The molecule has 6 unspecified atom stereocenters. The lowest BCUT2D eigenvalue weighted by Crippen LogP contribution is -2.41. The molecule has 0 radical (unpaired) electrons. The Morgan fingerprint density at radius 3 is 2.67 bits per heavy atom. The molecule has 1 spiro atoms. The van der Waals surface area contributed by atoms with Gasteiger partial charge in [-0.05, 0) is 104 Å². The number of nitrogens with zero attached hydrogens (tertiary/aromatic N) is 1. The van der Waals surface area contributed by atoms with Crippen molar-refractivity contribution in [3.05, 3.63) is 71.5 Å². The van der Waals surface area contributed by atoms with Gasteiger partial charge in [-0.15, -0.1) is 0 Å². The van der Waals surface area contributed by atoms with Gasteiger partial charge in [0, 0.05) is 49.1 Å². The Bertz CT molecular complexity index is 1670. The van der Waals surface area contributed by atoms with Crippen molar-refractivity contribution in [3.63, 3.8) is 0 Å². The average Bonchev–Trinajstić information content (AvgIpc) is 3.15. The van der Waals surface area contributed by atoms with Crippen LogP contribution in [0.15, 0.2) is 54.9 Å². The molecule has 3 fully saturated rings. The largest absolute Gasteiger partial charge is 0.504 e. The molecule has 2 aliphatic heterocycles. The first-order chi connectivity index (χ1) is 25.2. The zero-order chi connectivity index (χ0) is 36.1. The SMILES string of the molecule is CC(=O)OC1CC(c2cc(O)c(O)c(OCCc3cccnc3)c2)OC(C2CSSC3(CCCCC3)C3CCCC(C3)Oc3cc(ccc3O)C2)C1. The van der Waals surface area contributed by atoms with E-state index in [0.717, 1.165) is 36.1 Å². The summed E-state index contributed by atoms with van der Waals surface area (Å²) in [5.74, 6) is 1.39. The summed E-state index contributed by atoms with van der Waals surface area (Å²) in [6.07, 6.45) is 15.3. The molecule has 2 saturated carbocycles. The number of phenols is 3. The normalized spacial score (nSPS) is 27.6. The van der Waals surface area contributed by atoms with E-state index in [-0.39, 0.29) is 58.4 Å². The van der Waals surface area contributed by atoms with Crippen molar-refractivity contribution < 1.29 is 39.1 Å². The molecular formula is C41H51NO8S2. The third kappa shape index (κ3) is 8.91. The molecule has 6 atom stereocenters. The number of hydrogen-bond acceptors (Lipinski definition) is 11. The third-order valence-electron chi connectivity index (χ3n) is 11.4. The second kappa shape index (κ2) is 16.8. The lowest BCUT2D eigenvalue weighted by molar-refractivity contribution is -0.163. The number of carbonyl (C=O) groups is 1. The number of carbonyl (C=O) groups excluding carboxylic acids is 1. The summed E-state index contributed by atoms with van der Waals surface area (Å²) >= 11 is 0. The first kappa shape index (κ1) is 37.1.